The van der Waals surface area contributed by atoms with E-state index < -0.39 is 0 Å². The lowest BCUT2D eigenvalue weighted by Gasteiger charge is -2.10. The molecular weight excluding hydrogens is 344 g/mol. The summed E-state index contributed by atoms with van der Waals surface area (Å²) in [6.45, 7) is 0. The average Bonchev–Trinajstić information content (AvgIpc) is 3.31. The summed E-state index contributed by atoms with van der Waals surface area (Å²) in [7, 11) is 0. The first-order valence-electron chi connectivity index (χ1n) is 9.43. The third kappa shape index (κ3) is 1.68. The summed E-state index contributed by atoms with van der Waals surface area (Å²) in [5.74, 6) is 0. The Morgan fingerprint density at radius 2 is 1.57 bits per heavy atom. The minimum absolute atomic E-state index is 0.755. The molecule has 7 rings (SSSR count). The molecule has 130 valence electrons. The highest BCUT2D eigenvalue weighted by Crippen LogP contribution is 2.41. The number of imidazole rings is 1. The van der Waals surface area contributed by atoms with Crippen molar-refractivity contribution >= 4 is 38.6 Å². The first-order valence-corrected chi connectivity index (χ1v) is 9.43. The maximum absolute atomic E-state index is 4.88. The monoisotopic (exact) mass is 358 g/mol. The predicted molar refractivity (Wildman–Crippen MR) is 112 cm³/mol. The number of hydrogen-bond donors (Lipinski definition) is 0. The van der Waals surface area contributed by atoms with Crippen molar-refractivity contribution < 1.29 is 0 Å². The van der Waals surface area contributed by atoms with Gasteiger partial charge in [0.15, 0.2) is 5.65 Å². The van der Waals surface area contributed by atoms with Gasteiger partial charge in [0.25, 0.3) is 0 Å². The lowest BCUT2D eigenvalue weighted by molar-refractivity contribution is 1.23. The van der Waals surface area contributed by atoms with Crippen LogP contribution >= 0.6 is 0 Å². The molecule has 4 nitrogen and oxygen atoms in total. The van der Waals surface area contributed by atoms with Crippen LogP contribution < -0.4 is 0 Å². The van der Waals surface area contributed by atoms with E-state index in [2.05, 4.69) is 57.9 Å². The largest absolute Gasteiger partial charge is 0.274 e. The molecule has 4 heterocycles. The molecule has 0 bridgehead atoms. The molecule has 0 unspecified atom stereocenters. The lowest BCUT2D eigenvalue weighted by atomic mass is 9.99. The van der Waals surface area contributed by atoms with Gasteiger partial charge in [-0.15, -0.1) is 0 Å². The van der Waals surface area contributed by atoms with Gasteiger partial charge in [-0.3, -0.25) is 4.40 Å². The van der Waals surface area contributed by atoms with E-state index in [1.807, 2.05) is 18.3 Å². The highest BCUT2D eigenvalue weighted by molar-refractivity contribution is 6.14. The van der Waals surface area contributed by atoms with Crippen molar-refractivity contribution in [3.63, 3.8) is 0 Å². The normalized spacial score (nSPS) is 12.9. The molecule has 0 radical (unpaired) electrons. The molecule has 6 aromatic rings. The fourth-order valence-electron chi connectivity index (χ4n) is 4.69. The summed E-state index contributed by atoms with van der Waals surface area (Å²) in [6, 6.07) is 21.5. The number of nitrogens with zero attached hydrogens (tertiary/aromatic N) is 4. The molecule has 1 aliphatic carbocycles. The molecule has 0 saturated carbocycles. The summed E-state index contributed by atoms with van der Waals surface area (Å²) in [4.78, 5) is 14.1. The van der Waals surface area contributed by atoms with Gasteiger partial charge in [-0.1, -0.05) is 24.3 Å². The van der Waals surface area contributed by atoms with E-state index in [9.17, 15) is 0 Å². The van der Waals surface area contributed by atoms with Gasteiger partial charge in [-0.05, 0) is 70.5 Å². The Morgan fingerprint density at radius 3 is 2.57 bits per heavy atom. The van der Waals surface area contributed by atoms with Gasteiger partial charge >= 0.3 is 0 Å². The Morgan fingerprint density at radius 1 is 0.679 bits per heavy atom. The van der Waals surface area contributed by atoms with Crippen LogP contribution in [0.4, 0.5) is 0 Å². The van der Waals surface area contributed by atoms with Gasteiger partial charge < -0.3 is 0 Å². The zero-order valence-electron chi connectivity index (χ0n) is 14.9. The Balaban J connectivity index is 1.74. The van der Waals surface area contributed by atoms with Crippen LogP contribution in [-0.2, 0) is 6.42 Å². The van der Waals surface area contributed by atoms with E-state index >= 15 is 0 Å². The van der Waals surface area contributed by atoms with E-state index in [1.54, 1.807) is 6.20 Å². The standard InChI is InChI=1S/C24H14N4/c1-2-6-16-14(5-1)11-15-12-20-19(13-18(15)16)17-7-3-10-26-23(17)28-21-8-4-9-25-22(21)27-24(20)28/h1-10,12-13H,11H2. The highest BCUT2D eigenvalue weighted by Gasteiger charge is 2.22. The minimum atomic E-state index is 0.755. The van der Waals surface area contributed by atoms with Gasteiger partial charge in [-0.25, -0.2) is 15.0 Å². The minimum Gasteiger partial charge on any atom is -0.274 e. The molecule has 0 fully saturated rings. The predicted octanol–water partition coefficient (Wildman–Crippen LogP) is 5.16. The SMILES string of the molecule is c1ccc2c(c1)Cc1cc3c(cc1-2)c1cccnc1n1c2cccnc2nc31. The van der Waals surface area contributed by atoms with Gasteiger partial charge in [0.1, 0.15) is 11.3 Å². The first kappa shape index (κ1) is 14.3. The molecule has 0 amide bonds. The summed E-state index contributed by atoms with van der Waals surface area (Å²) < 4.78 is 2.15. The lowest BCUT2D eigenvalue weighted by Crippen LogP contribution is -1.95. The number of rotatable bonds is 0. The van der Waals surface area contributed by atoms with Crippen molar-refractivity contribution in [2.75, 3.05) is 0 Å². The third-order valence-corrected chi connectivity index (χ3v) is 5.89. The van der Waals surface area contributed by atoms with Crippen molar-refractivity contribution in [3.05, 3.63) is 84.2 Å². The van der Waals surface area contributed by atoms with Crippen LogP contribution in [0.1, 0.15) is 11.1 Å². The first-order chi connectivity index (χ1) is 13.9. The zero-order valence-corrected chi connectivity index (χ0v) is 14.9. The van der Waals surface area contributed by atoms with Crippen LogP contribution in [0.15, 0.2) is 73.1 Å². The maximum Gasteiger partial charge on any atom is 0.178 e. The molecule has 0 saturated heterocycles. The van der Waals surface area contributed by atoms with Crippen molar-refractivity contribution in [2.24, 2.45) is 0 Å². The van der Waals surface area contributed by atoms with E-state index in [1.165, 1.54) is 27.6 Å². The number of hydrogen-bond acceptors (Lipinski definition) is 3. The van der Waals surface area contributed by atoms with E-state index in [0.29, 0.717) is 0 Å². The fraction of sp³-hybridized carbons (Fsp3) is 0.0417. The topological polar surface area (TPSA) is 43.1 Å². The number of benzene rings is 2. The van der Waals surface area contributed by atoms with Crippen LogP contribution in [0, 0.1) is 0 Å². The Labute approximate surface area is 160 Å². The Kier molecular flexibility index (Phi) is 2.51. The van der Waals surface area contributed by atoms with Crippen LogP contribution in [0.5, 0.6) is 0 Å². The van der Waals surface area contributed by atoms with Crippen LogP contribution in [-0.4, -0.2) is 19.4 Å². The van der Waals surface area contributed by atoms with Crippen LogP contribution in [0.25, 0.3) is 49.7 Å². The highest BCUT2D eigenvalue weighted by atomic mass is 15.1. The fourth-order valence-corrected chi connectivity index (χ4v) is 4.69. The number of aromatic nitrogens is 4. The van der Waals surface area contributed by atoms with Crippen LogP contribution in [0.2, 0.25) is 0 Å². The Hall–Kier alpha value is -3.79. The van der Waals surface area contributed by atoms with Crippen molar-refractivity contribution in [3.8, 4) is 11.1 Å². The molecule has 0 N–H and O–H groups in total. The molecular formula is C24H14N4. The zero-order chi connectivity index (χ0) is 18.2. The molecule has 0 atom stereocenters. The van der Waals surface area contributed by atoms with Gasteiger partial charge in [0, 0.05) is 23.2 Å². The van der Waals surface area contributed by atoms with E-state index in [0.717, 1.165) is 39.7 Å². The van der Waals surface area contributed by atoms with Crippen LogP contribution in [0.3, 0.4) is 0 Å². The molecule has 2 aromatic carbocycles. The smallest absolute Gasteiger partial charge is 0.178 e. The molecule has 1 aliphatic rings. The molecule has 28 heavy (non-hydrogen) atoms. The summed E-state index contributed by atoms with van der Waals surface area (Å²) in [6.07, 6.45) is 4.61. The molecule has 4 aromatic heterocycles. The quantitative estimate of drug-likeness (QED) is 0.352. The second-order valence-electron chi connectivity index (χ2n) is 7.38. The van der Waals surface area contributed by atoms with Crippen molar-refractivity contribution in [1.82, 2.24) is 19.4 Å². The van der Waals surface area contributed by atoms with Gasteiger partial charge in [0.2, 0.25) is 0 Å². The van der Waals surface area contributed by atoms with Gasteiger partial charge in [0.05, 0.1) is 5.52 Å². The molecule has 0 aliphatic heterocycles. The van der Waals surface area contributed by atoms with E-state index in [-0.39, 0.29) is 0 Å². The van der Waals surface area contributed by atoms with Crippen molar-refractivity contribution in [1.29, 1.82) is 0 Å². The van der Waals surface area contributed by atoms with E-state index in [4.69, 9.17) is 9.97 Å². The molecule has 0 spiro atoms. The average molecular weight is 358 g/mol. The van der Waals surface area contributed by atoms with Gasteiger partial charge in [-0.2, -0.15) is 0 Å². The maximum atomic E-state index is 4.88. The second kappa shape index (κ2) is 4.93. The summed E-state index contributed by atoms with van der Waals surface area (Å²) in [5, 5.41) is 3.49. The molecule has 4 heteroatoms. The van der Waals surface area contributed by atoms with Crippen molar-refractivity contribution in [2.45, 2.75) is 6.42 Å². The third-order valence-electron chi connectivity index (χ3n) is 5.89. The number of fused-ring (bicyclic) bond motifs is 11. The second-order valence-corrected chi connectivity index (χ2v) is 7.38. The summed E-state index contributed by atoms with van der Waals surface area (Å²) >= 11 is 0. The summed E-state index contributed by atoms with van der Waals surface area (Å²) in [5.41, 5.74) is 9.01. The number of pyridine rings is 3. The Bertz CT molecular complexity index is 1590.